The molecule has 0 amide bonds. The molecular weight excluding hydrogens is 350 g/mol. The highest BCUT2D eigenvalue weighted by Gasteiger charge is 2.30. The Morgan fingerprint density at radius 2 is 1.86 bits per heavy atom. The average Bonchev–Trinajstić information content (AvgIpc) is 2.73. The molecule has 1 fully saturated rings. The summed E-state index contributed by atoms with van der Waals surface area (Å²) in [5.41, 5.74) is 9.61. The number of piperidine rings is 1. The molecule has 1 atom stereocenters. The predicted molar refractivity (Wildman–Crippen MR) is 110 cm³/mol. The number of rotatable bonds is 5. The Balaban J connectivity index is 1.32. The maximum atomic E-state index is 7.93. The van der Waals surface area contributed by atoms with Crippen molar-refractivity contribution < 1.29 is 4.74 Å². The summed E-state index contributed by atoms with van der Waals surface area (Å²) in [6.07, 6.45) is 6.66. The number of guanidine groups is 1. The number of likely N-dealkylation sites (tertiary alicyclic amines) is 1. The molecule has 3 N–H and O–H groups in total. The first kappa shape index (κ1) is 18.9. The van der Waals surface area contributed by atoms with Gasteiger partial charge in [-0.15, -0.1) is 0 Å². The molecule has 1 saturated heterocycles. The molecule has 3 heterocycles. The van der Waals surface area contributed by atoms with E-state index in [1.54, 1.807) is 0 Å². The summed E-state index contributed by atoms with van der Waals surface area (Å²) in [4.78, 5) is 8.47. The summed E-state index contributed by atoms with van der Waals surface area (Å²) in [7, 11) is 0. The fraction of sp³-hybridized carbons (Fsp3) is 0.455. The number of nitrogens with one attached hydrogen (secondary N) is 1. The minimum Gasteiger partial charge on any atom is -0.370 e. The Morgan fingerprint density at radius 1 is 1.11 bits per heavy atom. The molecule has 0 aliphatic carbocycles. The summed E-state index contributed by atoms with van der Waals surface area (Å²) >= 11 is 0. The van der Waals surface area contributed by atoms with Gasteiger partial charge in [-0.25, -0.2) is 0 Å². The number of nitrogens with two attached hydrogens (primary N) is 1. The van der Waals surface area contributed by atoms with Gasteiger partial charge in [0.25, 0.3) is 0 Å². The Bertz CT molecular complexity index is 789. The van der Waals surface area contributed by atoms with Crippen molar-refractivity contribution >= 4 is 5.96 Å². The topological polar surface area (TPSA) is 78.5 Å². The maximum Gasteiger partial charge on any atom is 0.190 e. The number of aromatic nitrogens is 1. The summed E-state index contributed by atoms with van der Waals surface area (Å²) < 4.78 is 6.35. The van der Waals surface area contributed by atoms with Crippen LogP contribution in [0.5, 0.6) is 0 Å². The fourth-order valence-electron chi connectivity index (χ4n) is 4.24. The van der Waals surface area contributed by atoms with Crippen LogP contribution in [0.4, 0.5) is 0 Å². The minimum atomic E-state index is -0.239. The van der Waals surface area contributed by atoms with Crippen molar-refractivity contribution in [1.29, 1.82) is 5.41 Å². The van der Waals surface area contributed by atoms with Crippen LogP contribution in [-0.2, 0) is 17.7 Å². The van der Waals surface area contributed by atoms with Crippen molar-refractivity contribution in [2.75, 3.05) is 26.2 Å². The van der Waals surface area contributed by atoms with Gasteiger partial charge in [-0.05, 0) is 61.5 Å². The molecule has 0 spiro atoms. The summed E-state index contributed by atoms with van der Waals surface area (Å²) in [5.74, 6) is 0.642. The van der Waals surface area contributed by atoms with Crippen LogP contribution in [-0.4, -0.2) is 47.0 Å². The zero-order valence-electron chi connectivity index (χ0n) is 16.3. The smallest absolute Gasteiger partial charge is 0.190 e. The predicted octanol–water partition coefficient (Wildman–Crippen LogP) is 2.76. The van der Waals surface area contributed by atoms with Gasteiger partial charge >= 0.3 is 0 Å². The lowest BCUT2D eigenvalue weighted by atomic mass is 9.96. The number of hydrogen-bond acceptors (Lipinski definition) is 4. The highest BCUT2D eigenvalue weighted by molar-refractivity contribution is 5.75. The zero-order chi connectivity index (χ0) is 19.3. The second-order valence-electron chi connectivity index (χ2n) is 7.79. The second-order valence-corrected chi connectivity index (χ2v) is 7.79. The van der Waals surface area contributed by atoms with Gasteiger partial charge in [0.2, 0.25) is 0 Å². The van der Waals surface area contributed by atoms with E-state index in [0.717, 1.165) is 51.0 Å². The van der Waals surface area contributed by atoms with Crippen molar-refractivity contribution in [2.24, 2.45) is 11.7 Å². The van der Waals surface area contributed by atoms with Crippen molar-refractivity contribution in [3.05, 3.63) is 65.5 Å². The lowest BCUT2D eigenvalue weighted by Crippen LogP contribution is -2.45. The quantitative estimate of drug-likeness (QED) is 0.617. The van der Waals surface area contributed by atoms with Crippen LogP contribution < -0.4 is 5.73 Å². The van der Waals surface area contributed by atoms with Gasteiger partial charge in [-0.1, -0.05) is 24.3 Å². The van der Waals surface area contributed by atoms with Crippen LogP contribution in [0.25, 0.3) is 0 Å². The third-order valence-corrected chi connectivity index (χ3v) is 5.89. The van der Waals surface area contributed by atoms with Crippen molar-refractivity contribution in [2.45, 2.75) is 32.0 Å². The lowest BCUT2D eigenvalue weighted by Gasteiger charge is -2.39. The number of nitrogens with zero attached hydrogens (tertiary/aromatic N) is 3. The number of pyridine rings is 1. The maximum absolute atomic E-state index is 7.93. The minimum absolute atomic E-state index is 0.0895. The van der Waals surface area contributed by atoms with E-state index in [1.807, 2.05) is 23.4 Å². The van der Waals surface area contributed by atoms with Gasteiger partial charge in [0.1, 0.15) is 0 Å². The van der Waals surface area contributed by atoms with E-state index in [1.165, 1.54) is 11.1 Å². The summed E-state index contributed by atoms with van der Waals surface area (Å²) in [6.45, 7) is 4.62. The van der Waals surface area contributed by atoms with Crippen molar-refractivity contribution in [3.8, 4) is 0 Å². The molecule has 0 saturated carbocycles. The van der Waals surface area contributed by atoms with Crippen LogP contribution in [0.2, 0.25) is 0 Å². The van der Waals surface area contributed by atoms with Crippen molar-refractivity contribution in [1.82, 2.24) is 14.8 Å². The van der Waals surface area contributed by atoms with Gasteiger partial charge in [-0.3, -0.25) is 15.3 Å². The first-order valence-corrected chi connectivity index (χ1v) is 10.1. The van der Waals surface area contributed by atoms with Crippen LogP contribution in [0.15, 0.2) is 48.8 Å². The Kier molecular flexibility index (Phi) is 5.88. The Hall–Kier alpha value is -2.44. The van der Waals surface area contributed by atoms with Crippen LogP contribution >= 0.6 is 0 Å². The molecule has 6 heteroatoms. The molecule has 4 rings (SSSR count). The van der Waals surface area contributed by atoms with E-state index in [-0.39, 0.29) is 12.2 Å². The molecule has 2 aliphatic rings. The molecule has 1 aromatic heterocycles. The molecule has 2 aromatic rings. The first-order chi connectivity index (χ1) is 13.7. The monoisotopic (exact) mass is 379 g/mol. The van der Waals surface area contributed by atoms with E-state index >= 15 is 0 Å². The highest BCUT2D eigenvalue weighted by Crippen LogP contribution is 2.31. The molecule has 0 radical (unpaired) electrons. The van der Waals surface area contributed by atoms with Gasteiger partial charge in [0.05, 0.1) is 6.61 Å². The molecule has 1 aromatic carbocycles. The Labute approximate surface area is 166 Å². The van der Waals surface area contributed by atoms with Crippen LogP contribution in [0.3, 0.4) is 0 Å². The molecule has 2 aliphatic heterocycles. The number of benzene rings is 1. The average molecular weight is 380 g/mol. The van der Waals surface area contributed by atoms with Crippen LogP contribution in [0.1, 0.15) is 35.8 Å². The van der Waals surface area contributed by atoms with E-state index in [9.17, 15) is 0 Å². The standard InChI is InChI=1S/C22H29N5O/c23-22(24)27-14-9-19-3-1-2-4-20(19)21(27)28-16-18-7-12-26(13-8-18)15-17-5-10-25-11-6-17/h1-6,10-11,18,21H,7-9,12-16H2,(H3,23,24). The number of hydrogen-bond donors (Lipinski definition) is 2. The van der Waals surface area contributed by atoms with Gasteiger partial charge in [0, 0.05) is 31.0 Å². The van der Waals surface area contributed by atoms with E-state index < -0.39 is 0 Å². The summed E-state index contributed by atoms with van der Waals surface area (Å²) in [5, 5.41) is 7.93. The molecular formula is C22H29N5O. The molecule has 6 nitrogen and oxygen atoms in total. The SMILES string of the molecule is N=C(N)N1CCc2ccccc2C1OCC1CCN(Cc2ccncc2)CC1. The molecule has 0 bridgehead atoms. The van der Waals surface area contributed by atoms with Gasteiger partial charge < -0.3 is 15.4 Å². The first-order valence-electron chi connectivity index (χ1n) is 10.1. The lowest BCUT2D eigenvalue weighted by molar-refractivity contribution is -0.0577. The van der Waals surface area contributed by atoms with E-state index in [0.29, 0.717) is 12.5 Å². The fourth-order valence-corrected chi connectivity index (χ4v) is 4.24. The number of fused-ring (bicyclic) bond motifs is 1. The second kappa shape index (κ2) is 8.71. The molecule has 148 valence electrons. The number of ether oxygens (including phenoxy) is 1. The van der Waals surface area contributed by atoms with Crippen molar-refractivity contribution in [3.63, 3.8) is 0 Å². The third-order valence-electron chi connectivity index (χ3n) is 5.89. The Morgan fingerprint density at radius 3 is 2.61 bits per heavy atom. The van der Waals surface area contributed by atoms with E-state index in [4.69, 9.17) is 15.9 Å². The summed E-state index contributed by atoms with van der Waals surface area (Å²) in [6, 6.07) is 12.5. The largest absolute Gasteiger partial charge is 0.370 e. The van der Waals surface area contributed by atoms with Crippen LogP contribution in [0, 0.1) is 11.3 Å². The molecule has 28 heavy (non-hydrogen) atoms. The normalized spacial score (nSPS) is 20.7. The van der Waals surface area contributed by atoms with Gasteiger partial charge in [0.15, 0.2) is 12.2 Å². The third kappa shape index (κ3) is 4.34. The molecule has 1 unspecified atom stereocenters. The highest BCUT2D eigenvalue weighted by atomic mass is 16.5. The van der Waals surface area contributed by atoms with Gasteiger partial charge in [-0.2, -0.15) is 0 Å². The van der Waals surface area contributed by atoms with E-state index in [2.05, 4.69) is 40.2 Å². The zero-order valence-corrected chi connectivity index (χ0v) is 16.3.